The van der Waals surface area contributed by atoms with Gasteiger partial charge in [0.2, 0.25) is 0 Å². The predicted molar refractivity (Wildman–Crippen MR) is 190 cm³/mol. The minimum Gasteiger partial charge on any atom is -0.456 e. The second-order valence-corrected chi connectivity index (χ2v) is 10.9. The zero-order valence-corrected chi connectivity index (χ0v) is 23.9. The first-order chi connectivity index (χ1) is 26.1. The van der Waals surface area contributed by atoms with Crippen LogP contribution in [0.1, 0.15) is 12.3 Å². The van der Waals surface area contributed by atoms with Crippen LogP contribution >= 0.6 is 0 Å². The van der Waals surface area contributed by atoms with Crippen molar-refractivity contribution in [2.45, 2.75) is 0 Å². The maximum atomic E-state index is 9.30. The van der Waals surface area contributed by atoms with Gasteiger partial charge in [0.05, 0.1) is 12.3 Å². The average molecular weight is 582 g/mol. The van der Waals surface area contributed by atoms with Gasteiger partial charge in [0.15, 0.2) is 0 Å². The molecule has 45 heavy (non-hydrogen) atoms. The highest BCUT2D eigenvalue weighted by Gasteiger charge is 2.20. The minimum absolute atomic E-state index is 0.105. The van der Waals surface area contributed by atoms with Gasteiger partial charge in [-0.05, 0) is 84.3 Å². The van der Waals surface area contributed by atoms with Gasteiger partial charge in [0.1, 0.15) is 11.2 Å². The Labute approximate surface area is 274 Å². The zero-order valence-electron chi connectivity index (χ0n) is 32.9. The summed E-state index contributed by atoms with van der Waals surface area (Å²) < 4.78 is 85.0. The number of hydrogen-bond donors (Lipinski definition) is 0. The Hall–Kier alpha value is -5.92. The third kappa shape index (κ3) is 4.17. The highest BCUT2D eigenvalue weighted by atomic mass is 16.3. The van der Waals surface area contributed by atoms with Crippen molar-refractivity contribution in [1.82, 2.24) is 0 Å². The molecular formula is C44H28O. The zero-order chi connectivity index (χ0) is 37.6. The highest BCUT2D eigenvalue weighted by Crippen LogP contribution is 2.47. The topological polar surface area (TPSA) is 13.1 Å². The first-order valence-electron chi connectivity index (χ1n) is 19.2. The Morgan fingerprint density at radius 2 is 0.978 bits per heavy atom. The van der Waals surface area contributed by atoms with Crippen molar-refractivity contribution in [1.29, 1.82) is 0 Å². The van der Waals surface area contributed by atoms with E-state index in [0.717, 1.165) is 38.1 Å². The fourth-order valence-corrected chi connectivity index (χ4v) is 6.46. The summed E-state index contributed by atoms with van der Waals surface area (Å²) >= 11 is 0. The third-order valence-corrected chi connectivity index (χ3v) is 8.42. The van der Waals surface area contributed by atoms with Crippen LogP contribution in [-0.4, -0.2) is 0 Å². The quantitative estimate of drug-likeness (QED) is 0.188. The Morgan fingerprint density at radius 3 is 1.67 bits per heavy atom. The van der Waals surface area contributed by atoms with Crippen molar-refractivity contribution in [2.24, 2.45) is 0 Å². The highest BCUT2D eigenvalue weighted by molar-refractivity contribution is 6.25. The van der Waals surface area contributed by atoms with Crippen molar-refractivity contribution >= 4 is 43.5 Å². The van der Waals surface area contributed by atoms with Crippen molar-refractivity contribution in [3.8, 4) is 44.5 Å². The van der Waals surface area contributed by atoms with Gasteiger partial charge in [-0.1, -0.05) is 151 Å². The van der Waals surface area contributed by atoms with Crippen LogP contribution in [0.25, 0.3) is 88.0 Å². The molecule has 1 heteroatoms. The molecule has 0 aliphatic rings. The van der Waals surface area contributed by atoms with Crippen LogP contribution in [0, 0.1) is 0 Å². The second-order valence-electron chi connectivity index (χ2n) is 10.9. The van der Waals surface area contributed by atoms with E-state index in [1.54, 1.807) is 24.3 Å². The Bertz CT molecular complexity index is 2930. The van der Waals surface area contributed by atoms with E-state index in [0.29, 0.717) is 33.2 Å². The number of furan rings is 1. The molecule has 0 aliphatic heterocycles. The lowest BCUT2D eigenvalue weighted by Crippen LogP contribution is -1.91. The Kier molecular flexibility index (Phi) is 4.15. The summed E-state index contributed by atoms with van der Waals surface area (Å²) in [5.74, 6) is 0. The van der Waals surface area contributed by atoms with Crippen LogP contribution < -0.4 is 0 Å². The molecule has 1 heterocycles. The van der Waals surface area contributed by atoms with E-state index in [-0.39, 0.29) is 52.9 Å². The summed E-state index contributed by atoms with van der Waals surface area (Å²) in [5, 5.41) is 4.66. The molecule has 0 radical (unpaired) electrons. The van der Waals surface area contributed by atoms with Crippen LogP contribution in [0.3, 0.4) is 0 Å². The van der Waals surface area contributed by atoms with Crippen molar-refractivity contribution in [3.63, 3.8) is 0 Å². The molecule has 1 aromatic heterocycles. The lowest BCUT2D eigenvalue weighted by atomic mass is 9.84. The molecule has 0 saturated heterocycles. The molecule has 0 amide bonds. The predicted octanol–water partition coefficient (Wildman–Crippen LogP) is 12.6. The van der Waals surface area contributed by atoms with Crippen molar-refractivity contribution in [2.75, 3.05) is 0 Å². The molecular weight excluding hydrogens is 544 g/mol. The third-order valence-electron chi connectivity index (χ3n) is 8.42. The monoisotopic (exact) mass is 581 g/mol. The molecule has 0 aliphatic carbocycles. The first-order valence-corrected chi connectivity index (χ1v) is 14.7. The van der Waals surface area contributed by atoms with Gasteiger partial charge in [0.25, 0.3) is 0 Å². The maximum absolute atomic E-state index is 9.30. The molecule has 0 saturated carbocycles. The smallest absolute Gasteiger partial charge is 0.136 e. The minimum atomic E-state index is -0.451. The summed E-state index contributed by atoms with van der Waals surface area (Å²) in [4.78, 5) is 0. The SMILES string of the molecule is [2H]c1c([2H])c([2H])c(-c2ccc3oc4cccc(-c5c6ccccc6c(-c6c([2H])c([2H])c(-c7ccccc7)c([2H])c6[2H])c6ccccc56)c4c3c2)c([2H])c1[2H]. The molecule has 210 valence electrons. The van der Waals surface area contributed by atoms with Gasteiger partial charge in [-0.2, -0.15) is 0 Å². The molecule has 0 atom stereocenters. The van der Waals surface area contributed by atoms with Crippen LogP contribution in [0.2, 0.25) is 0 Å². The van der Waals surface area contributed by atoms with E-state index in [1.165, 1.54) is 0 Å². The molecule has 9 rings (SSSR count). The van der Waals surface area contributed by atoms with E-state index in [2.05, 4.69) is 0 Å². The van der Waals surface area contributed by atoms with E-state index >= 15 is 0 Å². The fraction of sp³-hybridized carbons (Fsp3) is 0. The largest absolute Gasteiger partial charge is 0.456 e. The number of hydrogen-bond acceptors (Lipinski definition) is 1. The van der Waals surface area contributed by atoms with Gasteiger partial charge in [-0.25, -0.2) is 0 Å². The second kappa shape index (κ2) is 10.4. The van der Waals surface area contributed by atoms with E-state index < -0.39 is 18.1 Å². The number of benzene rings is 8. The van der Waals surface area contributed by atoms with Gasteiger partial charge >= 0.3 is 0 Å². The molecule has 0 spiro atoms. The summed E-state index contributed by atoms with van der Waals surface area (Å²) in [5.41, 5.74) is 5.15. The van der Waals surface area contributed by atoms with Crippen molar-refractivity contribution < 1.29 is 16.8 Å². The van der Waals surface area contributed by atoms with Crippen LogP contribution in [-0.2, 0) is 0 Å². The first kappa shape index (κ1) is 18.0. The molecule has 0 N–H and O–H groups in total. The molecule has 0 unspecified atom stereocenters. The lowest BCUT2D eigenvalue weighted by molar-refractivity contribution is 0.669. The molecule has 0 fully saturated rings. The van der Waals surface area contributed by atoms with Gasteiger partial charge < -0.3 is 4.42 Å². The lowest BCUT2D eigenvalue weighted by Gasteiger charge is -2.18. The van der Waals surface area contributed by atoms with Gasteiger partial charge in [-0.15, -0.1) is 0 Å². The summed E-state index contributed by atoms with van der Waals surface area (Å²) in [6, 6.07) is 33.4. The molecule has 0 bridgehead atoms. The fourth-order valence-electron chi connectivity index (χ4n) is 6.46. The van der Waals surface area contributed by atoms with Gasteiger partial charge in [0, 0.05) is 10.8 Å². The van der Waals surface area contributed by atoms with E-state index in [4.69, 9.17) is 14.0 Å². The standard InChI is InChI=1S/C44H28O/c1-3-12-29(13-4-1)31-22-24-32(25-23-31)42-34-16-7-9-18-36(34)43(37-19-10-8-17-35(37)42)38-20-11-21-41-44(38)39-28-33(26-27-40(39)45-41)30-14-5-2-6-15-30/h1-28H/i2D,5D,6D,14D,15D,22D,23D,24D,25D. The van der Waals surface area contributed by atoms with Crippen molar-refractivity contribution in [3.05, 3.63) is 170 Å². The number of fused-ring (bicyclic) bond motifs is 5. The maximum Gasteiger partial charge on any atom is 0.136 e. The van der Waals surface area contributed by atoms with Gasteiger partial charge in [-0.3, -0.25) is 0 Å². The Morgan fingerprint density at radius 1 is 0.378 bits per heavy atom. The summed E-state index contributed by atoms with van der Waals surface area (Å²) in [6.45, 7) is 0. The molecule has 8 aromatic carbocycles. The van der Waals surface area contributed by atoms with Crippen LogP contribution in [0.5, 0.6) is 0 Å². The molecule has 1 nitrogen and oxygen atoms in total. The summed E-state index contributed by atoms with van der Waals surface area (Å²) in [7, 11) is 0. The van der Waals surface area contributed by atoms with E-state index in [1.807, 2.05) is 91.0 Å². The molecule has 9 aromatic rings. The average Bonchev–Trinajstić information content (AvgIpc) is 3.57. The number of rotatable bonds is 4. The van der Waals surface area contributed by atoms with E-state index in [9.17, 15) is 2.74 Å². The summed E-state index contributed by atoms with van der Waals surface area (Å²) in [6.07, 6.45) is 0. The van der Waals surface area contributed by atoms with Crippen LogP contribution in [0.4, 0.5) is 0 Å². The Balaban J connectivity index is 1.36. The van der Waals surface area contributed by atoms with Crippen LogP contribution in [0.15, 0.2) is 174 Å². The normalized spacial score (nSPS) is 14.4.